The zero-order chi connectivity index (χ0) is 23.8. The smallest absolute Gasteiger partial charge is 0.317 e. The number of nitrogens with one attached hydrogen (secondary N) is 1. The van der Waals surface area contributed by atoms with Crippen LogP contribution in [0.15, 0.2) is 42.6 Å². The van der Waals surface area contributed by atoms with E-state index in [1.807, 2.05) is 38.2 Å². The Kier molecular flexibility index (Phi) is 8.58. The fourth-order valence-electron chi connectivity index (χ4n) is 3.80. The number of thiazole rings is 1. The molecule has 0 saturated heterocycles. The molecule has 2 N–H and O–H groups in total. The number of nitriles is 1. The SMILES string of the molecule is CC(C)Oc1ccc(-c2ncc(-c3cccc4c3CCCC4)s2)cc1C#N.CNCC(=O)O. The molecule has 1 heterocycles. The highest BCUT2D eigenvalue weighted by Gasteiger charge is 2.17. The molecule has 0 aliphatic heterocycles. The van der Waals surface area contributed by atoms with Gasteiger partial charge in [-0.1, -0.05) is 18.2 Å². The highest BCUT2D eigenvalue weighted by molar-refractivity contribution is 7.18. The quantitative estimate of drug-likeness (QED) is 0.515. The summed E-state index contributed by atoms with van der Waals surface area (Å²) >= 11 is 1.69. The Bertz CT molecular complexity index is 1150. The van der Waals surface area contributed by atoms with E-state index in [9.17, 15) is 10.1 Å². The number of likely N-dealkylation sites (N-methyl/N-ethyl adjacent to an activating group) is 1. The van der Waals surface area contributed by atoms with E-state index in [0.717, 1.165) is 17.0 Å². The van der Waals surface area contributed by atoms with Crippen molar-refractivity contribution in [1.29, 1.82) is 5.26 Å². The van der Waals surface area contributed by atoms with E-state index in [0.29, 0.717) is 11.3 Å². The molecule has 0 fully saturated rings. The third-order valence-electron chi connectivity index (χ3n) is 5.20. The summed E-state index contributed by atoms with van der Waals surface area (Å²) in [6.07, 6.45) is 6.88. The average Bonchev–Trinajstić information content (AvgIpc) is 3.29. The van der Waals surface area contributed by atoms with Crippen molar-refractivity contribution in [2.75, 3.05) is 13.6 Å². The van der Waals surface area contributed by atoms with Gasteiger partial charge < -0.3 is 15.2 Å². The molecule has 1 aliphatic rings. The maximum atomic E-state index is 9.54. The average molecular weight is 464 g/mol. The van der Waals surface area contributed by atoms with Crippen LogP contribution in [0.1, 0.15) is 43.4 Å². The van der Waals surface area contributed by atoms with Crippen LogP contribution >= 0.6 is 11.3 Å². The predicted octanol–water partition coefficient (Wildman–Crippen LogP) is 5.31. The van der Waals surface area contributed by atoms with Gasteiger partial charge in [-0.05, 0) is 81.5 Å². The Morgan fingerprint density at radius 1 is 1.27 bits per heavy atom. The molecule has 1 aromatic heterocycles. The predicted molar refractivity (Wildman–Crippen MR) is 132 cm³/mol. The number of aromatic nitrogens is 1. The molecule has 4 rings (SSSR count). The Morgan fingerprint density at radius 2 is 2.06 bits per heavy atom. The van der Waals surface area contributed by atoms with Crippen LogP contribution in [0.5, 0.6) is 5.75 Å². The van der Waals surface area contributed by atoms with Crippen LogP contribution in [0.4, 0.5) is 0 Å². The minimum absolute atomic E-state index is 0.0404. The van der Waals surface area contributed by atoms with Gasteiger partial charge in [-0.2, -0.15) is 5.26 Å². The number of hydrogen-bond donors (Lipinski definition) is 2. The minimum Gasteiger partial charge on any atom is -0.490 e. The monoisotopic (exact) mass is 463 g/mol. The first kappa shape index (κ1) is 24.4. The summed E-state index contributed by atoms with van der Waals surface area (Å²) in [5.74, 6) is -0.192. The summed E-state index contributed by atoms with van der Waals surface area (Å²) in [5, 5.41) is 20.7. The second kappa shape index (κ2) is 11.6. The Hall–Kier alpha value is -3.21. The maximum Gasteiger partial charge on any atom is 0.317 e. The van der Waals surface area contributed by atoms with Crippen molar-refractivity contribution >= 4 is 17.3 Å². The van der Waals surface area contributed by atoms with E-state index < -0.39 is 5.97 Å². The van der Waals surface area contributed by atoms with Gasteiger partial charge in [0.05, 0.1) is 23.1 Å². The molecule has 0 unspecified atom stereocenters. The fourth-order valence-corrected chi connectivity index (χ4v) is 4.77. The van der Waals surface area contributed by atoms with Gasteiger partial charge in [0.2, 0.25) is 0 Å². The summed E-state index contributed by atoms with van der Waals surface area (Å²) in [4.78, 5) is 15.4. The number of nitrogens with zero attached hydrogens (tertiary/aromatic N) is 2. The summed E-state index contributed by atoms with van der Waals surface area (Å²) in [6, 6.07) is 14.6. The van der Waals surface area contributed by atoms with Gasteiger partial charge in [0.1, 0.15) is 16.8 Å². The first-order chi connectivity index (χ1) is 15.9. The third-order valence-corrected chi connectivity index (χ3v) is 6.28. The zero-order valence-electron chi connectivity index (χ0n) is 19.2. The standard InChI is InChI=1S/C23H22N2OS.C3H7NO2/c1-15(2)26-21-11-10-17(12-18(21)13-24)23-25-14-22(27-23)20-9-5-7-16-6-3-4-8-19(16)20;1-4-2-3(5)6/h5,7,9-12,14-15H,3-4,6,8H2,1-2H3;4H,2H2,1H3,(H,5,6). The molecule has 0 amide bonds. The highest BCUT2D eigenvalue weighted by Crippen LogP contribution is 2.38. The lowest BCUT2D eigenvalue weighted by molar-refractivity contribution is -0.135. The molecule has 0 bridgehead atoms. The lowest BCUT2D eigenvalue weighted by Gasteiger charge is -2.18. The number of fused-ring (bicyclic) bond motifs is 1. The van der Waals surface area contributed by atoms with Crippen LogP contribution in [0.25, 0.3) is 21.0 Å². The van der Waals surface area contributed by atoms with Gasteiger partial charge in [0, 0.05) is 11.8 Å². The molecule has 0 saturated carbocycles. The number of aryl methyl sites for hydroxylation is 1. The number of hydrogen-bond acceptors (Lipinski definition) is 6. The number of ether oxygens (including phenoxy) is 1. The third kappa shape index (κ3) is 6.41. The first-order valence-electron chi connectivity index (χ1n) is 11.1. The Labute approximate surface area is 198 Å². The van der Waals surface area contributed by atoms with Crippen LogP contribution < -0.4 is 10.1 Å². The molecule has 33 heavy (non-hydrogen) atoms. The van der Waals surface area contributed by atoms with Gasteiger partial charge in [-0.25, -0.2) is 4.98 Å². The summed E-state index contributed by atoms with van der Waals surface area (Å²) in [7, 11) is 1.59. The van der Waals surface area contributed by atoms with Crippen molar-refractivity contribution < 1.29 is 14.6 Å². The normalized spacial score (nSPS) is 12.3. The van der Waals surface area contributed by atoms with Crippen LogP contribution in [0.2, 0.25) is 0 Å². The number of aliphatic carboxylic acids is 1. The van der Waals surface area contributed by atoms with Crippen LogP contribution in [0, 0.1) is 11.3 Å². The topological polar surface area (TPSA) is 95.2 Å². The lowest BCUT2D eigenvalue weighted by Crippen LogP contribution is -2.16. The van der Waals surface area contributed by atoms with Gasteiger partial charge in [-0.3, -0.25) is 4.79 Å². The Balaban J connectivity index is 0.000000454. The molecule has 2 aromatic carbocycles. The molecular weight excluding hydrogens is 434 g/mol. The zero-order valence-corrected chi connectivity index (χ0v) is 20.0. The highest BCUT2D eigenvalue weighted by atomic mass is 32.1. The summed E-state index contributed by atoms with van der Waals surface area (Å²) in [6.45, 7) is 3.96. The van der Waals surface area contributed by atoms with Crippen LogP contribution in [-0.4, -0.2) is 35.8 Å². The summed E-state index contributed by atoms with van der Waals surface area (Å²) < 4.78 is 5.72. The van der Waals surface area contributed by atoms with E-state index in [1.165, 1.54) is 40.8 Å². The molecule has 172 valence electrons. The molecule has 6 nitrogen and oxygen atoms in total. The maximum absolute atomic E-state index is 9.54. The van der Waals surface area contributed by atoms with Gasteiger partial charge in [-0.15, -0.1) is 11.3 Å². The van der Waals surface area contributed by atoms with E-state index in [4.69, 9.17) is 9.84 Å². The Morgan fingerprint density at radius 3 is 2.73 bits per heavy atom. The lowest BCUT2D eigenvalue weighted by atomic mass is 9.88. The van der Waals surface area contributed by atoms with E-state index in [-0.39, 0.29) is 12.6 Å². The van der Waals surface area contributed by atoms with Crippen LogP contribution in [0.3, 0.4) is 0 Å². The molecule has 0 radical (unpaired) electrons. The first-order valence-corrected chi connectivity index (χ1v) is 11.9. The molecule has 7 heteroatoms. The molecule has 1 aliphatic carbocycles. The van der Waals surface area contributed by atoms with Gasteiger partial charge in [0.25, 0.3) is 0 Å². The van der Waals surface area contributed by atoms with Crippen molar-refractivity contribution in [1.82, 2.24) is 10.3 Å². The van der Waals surface area contributed by atoms with E-state index in [2.05, 4.69) is 34.6 Å². The van der Waals surface area contributed by atoms with Gasteiger partial charge >= 0.3 is 5.97 Å². The van der Waals surface area contributed by atoms with E-state index in [1.54, 1.807) is 18.4 Å². The second-order valence-electron chi connectivity index (χ2n) is 8.09. The molecule has 0 atom stereocenters. The molecule has 0 spiro atoms. The minimum atomic E-state index is -0.822. The molecular formula is C26H29N3O3S. The van der Waals surface area contributed by atoms with Gasteiger partial charge in [0.15, 0.2) is 0 Å². The summed E-state index contributed by atoms with van der Waals surface area (Å²) in [5.41, 5.74) is 5.79. The number of benzene rings is 2. The van der Waals surface area contributed by atoms with Crippen molar-refractivity contribution in [3.05, 3.63) is 59.3 Å². The number of carboxylic acids is 1. The van der Waals surface area contributed by atoms with Crippen LogP contribution in [-0.2, 0) is 17.6 Å². The fraction of sp³-hybridized carbons (Fsp3) is 0.346. The molecule has 3 aromatic rings. The van der Waals surface area contributed by atoms with E-state index >= 15 is 0 Å². The number of carbonyl (C=O) groups is 1. The van der Waals surface area contributed by atoms with Crippen molar-refractivity contribution in [3.8, 4) is 32.8 Å². The number of rotatable bonds is 6. The number of carboxylic acid groups (broad SMARTS) is 1. The van der Waals surface area contributed by atoms with Crippen molar-refractivity contribution in [3.63, 3.8) is 0 Å². The largest absolute Gasteiger partial charge is 0.490 e. The second-order valence-corrected chi connectivity index (χ2v) is 9.12. The van der Waals surface area contributed by atoms with Crippen molar-refractivity contribution in [2.45, 2.75) is 45.6 Å². The van der Waals surface area contributed by atoms with Crippen molar-refractivity contribution in [2.24, 2.45) is 0 Å².